The maximum absolute atomic E-state index is 12.2. The summed E-state index contributed by atoms with van der Waals surface area (Å²) in [7, 11) is 0. The molecule has 0 saturated carbocycles. The number of nitrogens with zero attached hydrogens (tertiary/aromatic N) is 2. The summed E-state index contributed by atoms with van der Waals surface area (Å²) in [4.78, 5) is 66.5. The van der Waals surface area contributed by atoms with Crippen LogP contribution >= 0.6 is 0 Å². The molecule has 0 radical (unpaired) electrons. The Morgan fingerprint density at radius 2 is 1.08 bits per heavy atom. The largest absolute Gasteiger partial charge is 0.352 e. The Morgan fingerprint density at radius 3 is 1.50 bits per heavy atom. The Morgan fingerprint density at radius 1 is 0.692 bits per heavy atom. The van der Waals surface area contributed by atoms with Crippen molar-refractivity contribution in [2.75, 3.05) is 6.54 Å². The smallest absolute Gasteiger partial charge is 0.328 e. The Bertz CT molecular complexity index is 863. The molecular weight excluding hydrogens is 340 g/mol. The van der Waals surface area contributed by atoms with E-state index in [1.54, 1.807) is 24.3 Å². The van der Waals surface area contributed by atoms with Gasteiger partial charge in [-0.2, -0.15) is 0 Å². The van der Waals surface area contributed by atoms with E-state index in [4.69, 9.17) is 4.84 Å². The Hall–Kier alpha value is -3.81. The minimum atomic E-state index is -1.07. The second kappa shape index (κ2) is 5.62. The van der Waals surface area contributed by atoms with Gasteiger partial charge < -0.3 is 4.84 Å². The van der Waals surface area contributed by atoms with Crippen molar-refractivity contribution in [3.8, 4) is 0 Å². The van der Waals surface area contributed by atoms with Crippen molar-refractivity contribution >= 4 is 29.6 Å². The average Bonchev–Trinajstić information content (AvgIpc) is 3.03. The van der Waals surface area contributed by atoms with E-state index in [0.29, 0.717) is 9.96 Å². The van der Waals surface area contributed by atoms with Crippen molar-refractivity contribution in [2.45, 2.75) is 0 Å². The molecule has 26 heavy (non-hydrogen) atoms. The van der Waals surface area contributed by atoms with Crippen LogP contribution < -0.4 is 0 Å². The summed E-state index contributed by atoms with van der Waals surface area (Å²) in [6, 6.07) is 12.2. The second-order valence-corrected chi connectivity index (χ2v) is 5.66. The molecule has 0 unspecified atom stereocenters. The highest BCUT2D eigenvalue weighted by Crippen LogP contribution is 2.24. The molecule has 4 amide bonds. The van der Waals surface area contributed by atoms with Gasteiger partial charge in [-0.3, -0.25) is 24.1 Å². The molecule has 2 heterocycles. The number of benzene rings is 2. The van der Waals surface area contributed by atoms with Crippen molar-refractivity contribution in [3.05, 3.63) is 70.8 Å². The summed E-state index contributed by atoms with van der Waals surface area (Å²) in [5.74, 6) is -3.90. The quantitative estimate of drug-likeness (QED) is 0.767. The standard InChI is InChI=1S/C18H10N2O6/c21-14(9-19-15(22)10-5-1-2-6-11(10)16(19)23)26-20-17(24)12-7-3-4-8-13(12)18(20)25/h1-8H,9H2. The maximum Gasteiger partial charge on any atom is 0.352 e. The molecule has 4 rings (SSSR count). The van der Waals surface area contributed by atoms with Crippen LogP contribution in [0.3, 0.4) is 0 Å². The van der Waals surface area contributed by atoms with Crippen LogP contribution in [0.2, 0.25) is 0 Å². The number of rotatable bonds is 3. The first-order chi connectivity index (χ1) is 12.5. The summed E-state index contributed by atoms with van der Waals surface area (Å²) >= 11 is 0. The molecule has 2 aliphatic rings. The van der Waals surface area contributed by atoms with E-state index in [-0.39, 0.29) is 22.3 Å². The van der Waals surface area contributed by atoms with Crippen molar-refractivity contribution in [3.63, 3.8) is 0 Å². The van der Waals surface area contributed by atoms with Gasteiger partial charge in [0.25, 0.3) is 23.6 Å². The fourth-order valence-electron chi connectivity index (χ4n) is 2.89. The van der Waals surface area contributed by atoms with Gasteiger partial charge in [0.05, 0.1) is 22.3 Å². The SMILES string of the molecule is O=C(CN1C(=O)c2ccccc2C1=O)ON1C(=O)c2ccccc2C1=O. The summed E-state index contributed by atoms with van der Waals surface area (Å²) in [5, 5.41) is 0.338. The van der Waals surface area contributed by atoms with Crippen molar-refractivity contribution in [1.29, 1.82) is 0 Å². The van der Waals surface area contributed by atoms with Crippen molar-refractivity contribution < 1.29 is 28.8 Å². The van der Waals surface area contributed by atoms with Gasteiger partial charge in [0.1, 0.15) is 6.54 Å². The van der Waals surface area contributed by atoms with E-state index in [9.17, 15) is 24.0 Å². The molecule has 0 fully saturated rings. The zero-order valence-corrected chi connectivity index (χ0v) is 13.2. The van der Waals surface area contributed by atoms with Gasteiger partial charge >= 0.3 is 5.97 Å². The molecule has 0 N–H and O–H groups in total. The predicted octanol–water partition coefficient (Wildman–Crippen LogP) is 1.04. The van der Waals surface area contributed by atoms with E-state index in [1.165, 1.54) is 24.3 Å². The minimum Gasteiger partial charge on any atom is -0.328 e. The minimum absolute atomic E-state index is 0.117. The molecule has 8 heteroatoms. The number of carbonyl (C=O) groups is 5. The zero-order chi connectivity index (χ0) is 18.4. The van der Waals surface area contributed by atoms with Gasteiger partial charge in [0.15, 0.2) is 0 Å². The third kappa shape index (κ3) is 2.20. The molecule has 0 bridgehead atoms. The Labute approximate surface area is 146 Å². The van der Waals surface area contributed by atoms with Crippen molar-refractivity contribution in [1.82, 2.24) is 9.96 Å². The number of imide groups is 2. The first-order valence-electron chi connectivity index (χ1n) is 7.63. The molecule has 0 atom stereocenters. The number of hydrogen-bond acceptors (Lipinski definition) is 6. The fraction of sp³-hybridized carbons (Fsp3) is 0.0556. The molecule has 0 aliphatic carbocycles. The fourth-order valence-corrected chi connectivity index (χ4v) is 2.89. The lowest BCUT2D eigenvalue weighted by Gasteiger charge is -2.16. The Kier molecular flexibility index (Phi) is 3.40. The monoisotopic (exact) mass is 350 g/mol. The summed E-state index contributed by atoms with van der Waals surface area (Å²) in [6.45, 7) is -0.709. The Balaban J connectivity index is 1.50. The van der Waals surface area contributed by atoms with Gasteiger partial charge in [-0.05, 0) is 24.3 Å². The van der Waals surface area contributed by atoms with Crippen LogP contribution in [0, 0.1) is 0 Å². The highest BCUT2D eigenvalue weighted by atomic mass is 16.7. The zero-order valence-electron chi connectivity index (χ0n) is 13.2. The molecule has 2 aliphatic heterocycles. The molecule has 0 spiro atoms. The summed E-state index contributed by atoms with van der Waals surface area (Å²) in [5.41, 5.74) is 0.606. The van der Waals surface area contributed by atoms with Crippen LogP contribution in [0.4, 0.5) is 0 Å². The van der Waals surface area contributed by atoms with Gasteiger partial charge in [-0.1, -0.05) is 29.3 Å². The van der Waals surface area contributed by atoms with E-state index in [2.05, 4.69) is 0 Å². The second-order valence-electron chi connectivity index (χ2n) is 5.66. The first-order valence-corrected chi connectivity index (χ1v) is 7.63. The first kappa shape index (κ1) is 15.7. The van der Waals surface area contributed by atoms with Crippen molar-refractivity contribution in [2.24, 2.45) is 0 Å². The van der Waals surface area contributed by atoms with Crippen LogP contribution in [-0.4, -0.2) is 46.1 Å². The molecule has 8 nitrogen and oxygen atoms in total. The third-order valence-corrected chi connectivity index (χ3v) is 4.12. The van der Waals surface area contributed by atoms with Gasteiger partial charge in [-0.15, -0.1) is 0 Å². The molecular formula is C18H10N2O6. The molecule has 0 aromatic heterocycles. The number of carbonyl (C=O) groups excluding carboxylic acids is 5. The third-order valence-electron chi connectivity index (χ3n) is 4.12. The summed E-state index contributed by atoms with van der Waals surface area (Å²) in [6.07, 6.45) is 0. The number of hydroxylamine groups is 2. The number of hydrogen-bond donors (Lipinski definition) is 0. The van der Waals surface area contributed by atoms with E-state index >= 15 is 0 Å². The lowest BCUT2D eigenvalue weighted by Crippen LogP contribution is -2.40. The van der Waals surface area contributed by atoms with Gasteiger partial charge in [0, 0.05) is 0 Å². The average molecular weight is 350 g/mol. The predicted molar refractivity (Wildman–Crippen MR) is 84.8 cm³/mol. The normalized spacial score (nSPS) is 15.4. The van der Waals surface area contributed by atoms with E-state index in [0.717, 1.165) is 0 Å². The molecule has 128 valence electrons. The highest BCUT2D eigenvalue weighted by Gasteiger charge is 2.41. The maximum atomic E-state index is 12.2. The topological polar surface area (TPSA) is 101 Å². The number of fused-ring (bicyclic) bond motifs is 2. The van der Waals surface area contributed by atoms with Crippen LogP contribution in [-0.2, 0) is 9.63 Å². The van der Waals surface area contributed by atoms with Crippen LogP contribution in [0.1, 0.15) is 41.4 Å². The van der Waals surface area contributed by atoms with E-state index in [1.807, 2.05) is 0 Å². The molecule has 2 aromatic rings. The van der Waals surface area contributed by atoms with Crippen LogP contribution in [0.5, 0.6) is 0 Å². The van der Waals surface area contributed by atoms with Crippen LogP contribution in [0.25, 0.3) is 0 Å². The number of amides is 4. The lowest BCUT2D eigenvalue weighted by atomic mass is 10.1. The lowest BCUT2D eigenvalue weighted by molar-refractivity contribution is -0.168. The van der Waals surface area contributed by atoms with Gasteiger partial charge in [-0.25, -0.2) is 4.79 Å². The van der Waals surface area contributed by atoms with Crippen LogP contribution in [0.15, 0.2) is 48.5 Å². The van der Waals surface area contributed by atoms with Gasteiger partial charge in [0.2, 0.25) is 0 Å². The van der Waals surface area contributed by atoms with E-state index < -0.39 is 36.1 Å². The molecule has 2 aromatic carbocycles. The highest BCUT2D eigenvalue weighted by molar-refractivity contribution is 6.23. The molecule has 0 saturated heterocycles. The summed E-state index contributed by atoms with van der Waals surface area (Å²) < 4.78 is 0.